The van der Waals surface area contributed by atoms with Gasteiger partial charge in [-0.1, -0.05) is 122 Å². The average Bonchev–Trinajstić information content (AvgIpc) is 3.27. The summed E-state index contributed by atoms with van der Waals surface area (Å²) in [5.41, 5.74) is 0. The molecule has 19 heteroatoms. The highest BCUT2D eigenvalue weighted by Crippen LogP contribution is 2.15. The summed E-state index contributed by atoms with van der Waals surface area (Å²) in [5.74, 6) is -3.43. The van der Waals surface area contributed by atoms with Gasteiger partial charge in [-0.25, -0.2) is 4.79 Å². The highest BCUT2D eigenvalue weighted by molar-refractivity contribution is 5.84. The molecule has 0 aliphatic carbocycles. The van der Waals surface area contributed by atoms with E-state index < -0.39 is 24.0 Å². The smallest absolute Gasteiger partial charge is 0.341 e. The fraction of sp³-hybridized carbons (Fsp3) is 0.848. The lowest BCUT2D eigenvalue weighted by atomic mass is 10.0. The van der Waals surface area contributed by atoms with Gasteiger partial charge in [-0.3, -0.25) is 33.7 Å². The topological polar surface area (TPSA) is 260 Å². The molecule has 0 spiro atoms. The van der Waals surface area contributed by atoms with E-state index in [1.165, 1.54) is 95.4 Å². The summed E-state index contributed by atoms with van der Waals surface area (Å²) in [4.78, 5) is 83.2. The van der Waals surface area contributed by atoms with Crippen molar-refractivity contribution in [1.82, 2.24) is 31.5 Å². The zero-order valence-corrected chi connectivity index (χ0v) is 39.9. The summed E-state index contributed by atoms with van der Waals surface area (Å²) < 4.78 is 21.3. The van der Waals surface area contributed by atoms with Crippen molar-refractivity contribution in [3.63, 3.8) is 0 Å². The van der Waals surface area contributed by atoms with Crippen LogP contribution >= 0.6 is 0 Å². The van der Waals surface area contributed by atoms with Crippen LogP contribution in [0.1, 0.15) is 155 Å². The van der Waals surface area contributed by atoms with Crippen LogP contribution in [0.4, 0.5) is 0 Å². The van der Waals surface area contributed by atoms with E-state index in [2.05, 4.69) is 26.6 Å². The summed E-state index contributed by atoms with van der Waals surface area (Å²) >= 11 is 0. The quantitative estimate of drug-likeness (QED) is 0.0336. The van der Waals surface area contributed by atoms with Gasteiger partial charge in [0.2, 0.25) is 29.5 Å². The lowest BCUT2D eigenvalue weighted by molar-refractivity contribution is -0.147. The van der Waals surface area contributed by atoms with E-state index in [1.54, 1.807) is 6.92 Å². The molecule has 0 heterocycles. The third-order valence-electron chi connectivity index (χ3n) is 10.3. The maximum atomic E-state index is 12.5. The Morgan fingerprint density at radius 2 is 0.785 bits per heavy atom. The van der Waals surface area contributed by atoms with Crippen LogP contribution < -0.4 is 26.6 Å². The predicted molar refractivity (Wildman–Crippen MR) is 247 cm³/mol. The van der Waals surface area contributed by atoms with Gasteiger partial charge in [0.15, 0.2) is 6.17 Å². The molecule has 0 radical (unpaired) electrons. The summed E-state index contributed by atoms with van der Waals surface area (Å²) in [5, 5.41) is 31.4. The first-order valence-electron chi connectivity index (χ1n) is 24.3. The number of carbonyl (C=O) groups is 7. The molecule has 7 N–H and O–H groups in total. The number of rotatable bonds is 48. The number of aliphatic carboxylic acids is 2. The fourth-order valence-corrected chi connectivity index (χ4v) is 6.63. The van der Waals surface area contributed by atoms with Gasteiger partial charge >= 0.3 is 11.9 Å². The molecule has 0 unspecified atom stereocenters. The molecule has 0 saturated heterocycles. The van der Waals surface area contributed by atoms with Crippen LogP contribution in [0.3, 0.4) is 0 Å². The molecule has 378 valence electrons. The number of hydrogen-bond acceptors (Lipinski definition) is 12. The van der Waals surface area contributed by atoms with Crippen molar-refractivity contribution in [2.24, 2.45) is 0 Å². The molecular weight excluding hydrogens is 845 g/mol. The molecule has 0 bridgehead atoms. The Morgan fingerprint density at radius 1 is 0.431 bits per heavy atom. The largest absolute Gasteiger partial charge is 0.481 e. The lowest BCUT2D eigenvalue weighted by Crippen LogP contribution is -2.54. The summed E-state index contributed by atoms with van der Waals surface area (Å²) in [7, 11) is 1.46. The molecule has 0 aromatic carbocycles. The molecule has 0 rings (SSSR count). The third-order valence-corrected chi connectivity index (χ3v) is 10.3. The zero-order chi connectivity index (χ0) is 48.0. The van der Waals surface area contributed by atoms with Gasteiger partial charge in [0.1, 0.15) is 13.2 Å². The maximum Gasteiger partial charge on any atom is 0.341 e. The van der Waals surface area contributed by atoms with Crippen molar-refractivity contribution in [1.29, 1.82) is 0 Å². The van der Waals surface area contributed by atoms with Crippen molar-refractivity contribution in [3.8, 4) is 0 Å². The average molecular weight is 931 g/mol. The highest BCUT2D eigenvalue weighted by Gasteiger charge is 2.26. The number of likely N-dealkylation sites (N-methyl/N-ethyl adjacent to an activating group) is 1. The van der Waals surface area contributed by atoms with Crippen molar-refractivity contribution in [2.45, 2.75) is 161 Å². The SMILES string of the molecule is CCC(=O)NCCNC(=O)COCCOCCNC(=O)COCCOCCNC(=O)CN(C)[C@H](NC(=O)CCCCCCCCCCCCCCCCCCCCCCC(=O)O)C(=O)O. The Bertz CT molecular complexity index is 1260. The van der Waals surface area contributed by atoms with Crippen LogP contribution in [0.2, 0.25) is 0 Å². The molecular formula is C46H86N6O13. The van der Waals surface area contributed by atoms with E-state index in [9.17, 15) is 38.7 Å². The number of carbonyl (C=O) groups excluding carboxylic acids is 5. The number of carboxylic acids is 2. The number of amides is 5. The van der Waals surface area contributed by atoms with E-state index in [0.29, 0.717) is 32.4 Å². The van der Waals surface area contributed by atoms with Gasteiger partial charge in [-0.05, 0) is 19.9 Å². The van der Waals surface area contributed by atoms with Gasteiger partial charge in [0.05, 0.1) is 46.2 Å². The minimum atomic E-state index is -1.33. The van der Waals surface area contributed by atoms with Crippen LogP contribution in [0, 0.1) is 0 Å². The van der Waals surface area contributed by atoms with Crippen LogP contribution in [0.25, 0.3) is 0 Å². The standard InChI is InChI=1S/C46H86N6O13/c1-3-39(53)47-26-27-48-42(56)37-64-34-33-63-31-29-50-43(57)38-65-35-32-62-30-28-49-41(55)36-52(2)45(46(60)61)51-40(54)24-22-20-18-16-14-12-10-8-6-4-5-7-9-11-13-15-17-19-21-23-25-44(58)59/h45H,3-38H2,1-2H3,(H,47,53)(H,48,56)(H,49,55)(H,50,57)(H,51,54)(H,58,59)(H,60,61)/t45-/m0/s1. The minimum Gasteiger partial charge on any atom is -0.481 e. The monoisotopic (exact) mass is 931 g/mol. The van der Waals surface area contributed by atoms with E-state index in [4.69, 9.17) is 24.1 Å². The second-order valence-corrected chi connectivity index (χ2v) is 16.3. The molecule has 5 amide bonds. The molecule has 0 saturated carbocycles. The first-order chi connectivity index (χ1) is 31.5. The van der Waals surface area contributed by atoms with E-state index >= 15 is 0 Å². The Hall–Kier alpha value is -3.91. The Balaban J connectivity index is 3.70. The molecule has 0 fully saturated rings. The second kappa shape index (κ2) is 45.3. The molecule has 0 aliphatic heterocycles. The number of hydrogen-bond donors (Lipinski definition) is 7. The number of ether oxygens (including phenoxy) is 4. The molecule has 0 aromatic heterocycles. The van der Waals surface area contributed by atoms with E-state index in [-0.39, 0.29) is 103 Å². The summed E-state index contributed by atoms with van der Waals surface area (Å²) in [6, 6.07) is 0. The zero-order valence-electron chi connectivity index (χ0n) is 39.9. The number of unbranched alkanes of at least 4 members (excludes halogenated alkanes) is 19. The second-order valence-electron chi connectivity index (χ2n) is 16.3. The first kappa shape index (κ1) is 61.1. The van der Waals surface area contributed by atoms with Gasteiger partial charge in [-0.15, -0.1) is 0 Å². The van der Waals surface area contributed by atoms with Crippen molar-refractivity contribution < 1.29 is 62.7 Å². The Kier molecular flexibility index (Phi) is 42.5. The van der Waals surface area contributed by atoms with Crippen molar-refractivity contribution in [2.75, 3.05) is 92.6 Å². The van der Waals surface area contributed by atoms with Crippen LogP contribution in [0.15, 0.2) is 0 Å². The van der Waals surface area contributed by atoms with Crippen LogP contribution in [-0.2, 0) is 52.5 Å². The number of carboxylic acid groups (broad SMARTS) is 2. The van der Waals surface area contributed by atoms with Crippen LogP contribution in [0.5, 0.6) is 0 Å². The maximum absolute atomic E-state index is 12.5. The molecule has 0 aromatic rings. The van der Waals surface area contributed by atoms with Crippen molar-refractivity contribution in [3.05, 3.63) is 0 Å². The van der Waals surface area contributed by atoms with Gasteiger partial charge < -0.3 is 55.7 Å². The van der Waals surface area contributed by atoms with Crippen molar-refractivity contribution >= 4 is 41.5 Å². The Labute approximate surface area is 388 Å². The first-order valence-corrected chi connectivity index (χ1v) is 24.3. The number of nitrogens with zero attached hydrogens (tertiary/aromatic N) is 1. The Morgan fingerprint density at radius 3 is 1.18 bits per heavy atom. The summed E-state index contributed by atoms with van der Waals surface area (Å²) in [6.45, 7) is 3.57. The molecule has 19 nitrogen and oxygen atoms in total. The van der Waals surface area contributed by atoms with Gasteiger partial charge in [0.25, 0.3) is 0 Å². The van der Waals surface area contributed by atoms with E-state index in [0.717, 1.165) is 38.5 Å². The molecule has 0 aliphatic rings. The lowest BCUT2D eigenvalue weighted by Gasteiger charge is -2.24. The van der Waals surface area contributed by atoms with E-state index in [1.807, 2.05) is 0 Å². The molecule has 65 heavy (non-hydrogen) atoms. The summed E-state index contributed by atoms with van der Waals surface area (Å²) in [6.07, 6.45) is 23.0. The van der Waals surface area contributed by atoms with Crippen LogP contribution in [-0.4, -0.2) is 155 Å². The highest BCUT2D eigenvalue weighted by atomic mass is 16.5. The van der Waals surface area contributed by atoms with Gasteiger partial charge in [0, 0.05) is 45.4 Å². The normalized spacial score (nSPS) is 11.6. The van der Waals surface area contributed by atoms with Gasteiger partial charge in [-0.2, -0.15) is 0 Å². The number of nitrogens with one attached hydrogen (secondary N) is 5. The minimum absolute atomic E-state index is 0.0816. The predicted octanol–water partition coefficient (Wildman–Crippen LogP) is 4.05. The third kappa shape index (κ3) is 43.7. The fourth-order valence-electron chi connectivity index (χ4n) is 6.63. The molecule has 1 atom stereocenters.